The van der Waals surface area contributed by atoms with E-state index in [9.17, 15) is 23.1 Å². The fourth-order valence-electron chi connectivity index (χ4n) is 2.48. The maximum Gasteiger partial charge on any atom is 0.414 e. The first-order valence-electron chi connectivity index (χ1n) is 7.63. The summed E-state index contributed by atoms with van der Waals surface area (Å²) < 4.78 is 44.6. The van der Waals surface area contributed by atoms with Crippen LogP contribution in [0.25, 0.3) is 0 Å². The number of hydrogen-bond donors (Lipinski definition) is 2. The summed E-state index contributed by atoms with van der Waals surface area (Å²) in [6.07, 6.45) is -6.41. The molecule has 1 aromatic heterocycles. The van der Waals surface area contributed by atoms with Gasteiger partial charge in [0.05, 0.1) is 0 Å². The van der Waals surface area contributed by atoms with Crippen LogP contribution in [0.5, 0.6) is 5.88 Å². The third-order valence-corrected chi connectivity index (χ3v) is 4.26. The van der Waals surface area contributed by atoms with Crippen molar-refractivity contribution in [1.29, 1.82) is 0 Å². The molecule has 2 unspecified atom stereocenters. The number of benzene rings is 1. The van der Waals surface area contributed by atoms with E-state index in [1.54, 1.807) is 0 Å². The van der Waals surface area contributed by atoms with Gasteiger partial charge in [-0.1, -0.05) is 29.3 Å². The van der Waals surface area contributed by atoms with Crippen LogP contribution >= 0.6 is 23.2 Å². The lowest BCUT2D eigenvalue weighted by atomic mass is 9.87. The second kappa shape index (κ2) is 8.77. The fraction of sp³-hybridized carbons (Fsp3) is 0.294. The van der Waals surface area contributed by atoms with E-state index in [0.29, 0.717) is 5.56 Å². The van der Waals surface area contributed by atoms with Gasteiger partial charge in [-0.05, 0) is 35.7 Å². The SMILES string of the molecule is NC(=O)COc1cc(CC(c2ccc(Cl)cc2Cl)C(O)C(F)(F)F)ccn1. The van der Waals surface area contributed by atoms with Crippen LogP contribution in [0.2, 0.25) is 10.0 Å². The highest BCUT2D eigenvalue weighted by Crippen LogP contribution is 2.38. The van der Waals surface area contributed by atoms with E-state index in [-0.39, 0.29) is 27.9 Å². The van der Waals surface area contributed by atoms with E-state index in [1.165, 1.54) is 36.5 Å². The van der Waals surface area contributed by atoms with Gasteiger partial charge in [-0.2, -0.15) is 13.2 Å². The molecular formula is C17H15Cl2F3N2O3. The molecule has 0 saturated heterocycles. The second-order valence-corrected chi connectivity index (χ2v) is 6.56. The molecule has 146 valence electrons. The Balaban J connectivity index is 2.35. The Labute approximate surface area is 162 Å². The monoisotopic (exact) mass is 422 g/mol. The number of aliphatic hydroxyl groups is 1. The van der Waals surface area contributed by atoms with E-state index in [1.807, 2.05) is 0 Å². The van der Waals surface area contributed by atoms with Crippen molar-refractivity contribution in [2.45, 2.75) is 24.6 Å². The van der Waals surface area contributed by atoms with Crippen LogP contribution in [0.3, 0.4) is 0 Å². The molecule has 10 heteroatoms. The number of pyridine rings is 1. The molecule has 0 saturated carbocycles. The first-order valence-corrected chi connectivity index (χ1v) is 8.39. The van der Waals surface area contributed by atoms with E-state index < -0.39 is 30.7 Å². The summed E-state index contributed by atoms with van der Waals surface area (Å²) in [7, 11) is 0. The summed E-state index contributed by atoms with van der Waals surface area (Å²) in [5.41, 5.74) is 5.47. The molecule has 0 bridgehead atoms. The third kappa shape index (κ3) is 5.98. The Bertz CT molecular complexity index is 818. The molecule has 2 atom stereocenters. The van der Waals surface area contributed by atoms with Gasteiger partial charge in [0, 0.05) is 28.2 Å². The number of ether oxygens (including phenoxy) is 1. The number of carbonyl (C=O) groups excluding carboxylic acids is 1. The summed E-state index contributed by atoms with van der Waals surface area (Å²) in [5.74, 6) is -2.09. The van der Waals surface area contributed by atoms with Crippen LogP contribution in [0.1, 0.15) is 17.0 Å². The number of nitrogens with zero attached hydrogens (tertiary/aromatic N) is 1. The van der Waals surface area contributed by atoms with Gasteiger partial charge in [0.15, 0.2) is 12.7 Å². The number of halogens is 5. The molecule has 0 aliphatic carbocycles. The summed E-state index contributed by atoms with van der Waals surface area (Å²) in [6.45, 7) is -0.423. The summed E-state index contributed by atoms with van der Waals surface area (Å²) in [4.78, 5) is 14.6. The molecule has 1 amide bonds. The summed E-state index contributed by atoms with van der Waals surface area (Å²) in [6, 6.07) is 6.88. The van der Waals surface area contributed by atoms with E-state index >= 15 is 0 Å². The minimum atomic E-state index is -4.86. The minimum absolute atomic E-state index is 0.00931. The number of primary amides is 1. The zero-order chi connectivity index (χ0) is 20.2. The Hall–Kier alpha value is -2.03. The molecule has 27 heavy (non-hydrogen) atoms. The average molecular weight is 423 g/mol. The number of hydrogen-bond acceptors (Lipinski definition) is 4. The number of aromatic nitrogens is 1. The lowest BCUT2D eigenvalue weighted by molar-refractivity contribution is -0.210. The number of nitrogens with two attached hydrogens (primary N) is 1. The Morgan fingerprint density at radius 1 is 1.26 bits per heavy atom. The van der Waals surface area contributed by atoms with E-state index in [2.05, 4.69) is 4.98 Å². The van der Waals surface area contributed by atoms with Crippen LogP contribution < -0.4 is 10.5 Å². The van der Waals surface area contributed by atoms with Gasteiger partial charge in [0.25, 0.3) is 5.91 Å². The van der Waals surface area contributed by atoms with Crippen molar-refractivity contribution in [3.63, 3.8) is 0 Å². The normalized spacial score (nSPS) is 13.9. The topological polar surface area (TPSA) is 85.4 Å². The zero-order valence-corrected chi connectivity index (χ0v) is 15.2. The molecule has 1 aromatic carbocycles. The first kappa shape index (κ1) is 21.3. The summed E-state index contributed by atoms with van der Waals surface area (Å²) >= 11 is 11.8. The van der Waals surface area contributed by atoms with Crippen LogP contribution in [0, 0.1) is 0 Å². The third-order valence-electron chi connectivity index (χ3n) is 3.70. The highest BCUT2D eigenvalue weighted by molar-refractivity contribution is 6.35. The zero-order valence-electron chi connectivity index (χ0n) is 13.7. The van der Waals surface area contributed by atoms with Crippen LogP contribution in [0.4, 0.5) is 13.2 Å². The van der Waals surface area contributed by atoms with Crippen molar-refractivity contribution in [2.24, 2.45) is 5.73 Å². The maximum absolute atomic E-state index is 13.2. The summed E-state index contributed by atoms with van der Waals surface area (Å²) in [5, 5.41) is 10.1. The van der Waals surface area contributed by atoms with Crippen LogP contribution in [-0.2, 0) is 11.2 Å². The minimum Gasteiger partial charge on any atom is -0.468 e. The lowest BCUT2D eigenvalue weighted by Gasteiger charge is -2.26. The first-order chi connectivity index (χ1) is 12.6. The predicted octanol–water partition coefficient (Wildman–Crippen LogP) is 3.50. The van der Waals surface area contributed by atoms with Gasteiger partial charge in [-0.25, -0.2) is 4.98 Å². The predicted molar refractivity (Wildman–Crippen MR) is 93.9 cm³/mol. The van der Waals surface area contributed by atoms with Crippen molar-refractivity contribution in [3.8, 4) is 5.88 Å². The number of alkyl halides is 3. The van der Waals surface area contributed by atoms with Gasteiger partial charge in [-0.3, -0.25) is 4.79 Å². The highest BCUT2D eigenvalue weighted by atomic mass is 35.5. The molecule has 1 heterocycles. The molecular weight excluding hydrogens is 408 g/mol. The molecule has 0 fully saturated rings. The quantitative estimate of drug-likeness (QED) is 0.714. The molecule has 0 radical (unpaired) electrons. The number of aliphatic hydroxyl groups excluding tert-OH is 1. The van der Waals surface area contributed by atoms with Crippen LogP contribution in [0.15, 0.2) is 36.5 Å². The largest absolute Gasteiger partial charge is 0.468 e. The maximum atomic E-state index is 13.2. The van der Waals surface area contributed by atoms with Gasteiger partial charge in [0.2, 0.25) is 5.88 Å². The molecule has 0 aliphatic heterocycles. The lowest BCUT2D eigenvalue weighted by Crippen LogP contribution is -2.35. The van der Waals surface area contributed by atoms with Gasteiger partial charge in [-0.15, -0.1) is 0 Å². The smallest absolute Gasteiger partial charge is 0.414 e. The number of amides is 1. The van der Waals surface area contributed by atoms with E-state index in [4.69, 9.17) is 33.7 Å². The second-order valence-electron chi connectivity index (χ2n) is 5.72. The van der Waals surface area contributed by atoms with Gasteiger partial charge < -0.3 is 15.6 Å². The highest BCUT2D eigenvalue weighted by Gasteiger charge is 2.44. The fourth-order valence-corrected chi connectivity index (χ4v) is 3.03. The van der Waals surface area contributed by atoms with Gasteiger partial charge in [0.1, 0.15) is 0 Å². The Kier molecular flexibility index (Phi) is 6.91. The Morgan fingerprint density at radius 2 is 1.96 bits per heavy atom. The van der Waals surface area contributed by atoms with Gasteiger partial charge >= 0.3 is 6.18 Å². The van der Waals surface area contributed by atoms with Crippen molar-refractivity contribution in [3.05, 3.63) is 57.7 Å². The average Bonchev–Trinajstić information content (AvgIpc) is 2.57. The van der Waals surface area contributed by atoms with Crippen LogP contribution in [-0.4, -0.2) is 34.9 Å². The van der Waals surface area contributed by atoms with Crippen molar-refractivity contribution < 1.29 is 27.8 Å². The van der Waals surface area contributed by atoms with E-state index in [0.717, 1.165) is 0 Å². The van der Waals surface area contributed by atoms with Crippen molar-refractivity contribution in [2.75, 3.05) is 6.61 Å². The molecule has 0 spiro atoms. The molecule has 5 nitrogen and oxygen atoms in total. The number of rotatable bonds is 7. The molecule has 2 rings (SSSR count). The molecule has 2 aromatic rings. The molecule has 3 N–H and O–H groups in total. The van der Waals surface area contributed by atoms with Crippen molar-refractivity contribution >= 4 is 29.1 Å². The standard InChI is InChI=1S/C17H15Cl2F3N2O3/c18-10-1-2-11(13(19)7-10)12(16(26)17(20,21)22)5-9-3-4-24-15(6-9)27-8-14(23)25/h1-4,6-7,12,16,26H,5,8H2,(H2,23,25). The number of carbonyl (C=O) groups is 1. The molecule has 0 aliphatic rings. The Morgan fingerprint density at radius 3 is 2.56 bits per heavy atom. The van der Waals surface area contributed by atoms with Crippen molar-refractivity contribution in [1.82, 2.24) is 4.98 Å².